The average Bonchev–Trinajstić information content (AvgIpc) is 2.88. The van der Waals surface area contributed by atoms with Crippen molar-refractivity contribution in [2.45, 2.75) is 39.2 Å². The van der Waals surface area contributed by atoms with Crippen LogP contribution < -0.4 is 0 Å². The van der Waals surface area contributed by atoms with E-state index >= 15 is 0 Å². The standard InChI is InChI=1S/C14H18N4O2/c1-3-4-9-12(14(19)20)18-13(15-16-17-18)11-8-6-5-7-10(11)2/h5-8,12H,3-4,9H2,1-2H3,(H,19,20). The Morgan fingerprint density at radius 1 is 1.40 bits per heavy atom. The topological polar surface area (TPSA) is 80.9 Å². The number of nitrogens with zero attached hydrogens (tertiary/aromatic N) is 4. The molecular formula is C14H18N4O2. The molecule has 6 heteroatoms. The lowest BCUT2D eigenvalue weighted by atomic mass is 10.1. The number of hydrogen-bond acceptors (Lipinski definition) is 4. The number of rotatable bonds is 6. The van der Waals surface area contributed by atoms with Gasteiger partial charge in [0.15, 0.2) is 11.9 Å². The van der Waals surface area contributed by atoms with Crippen molar-refractivity contribution in [3.8, 4) is 11.4 Å². The predicted molar refractivity (Wildman–Crippen MR) is 74.2 cm³/mol. The van der Waals surface area contributed by atoms with Crippen LogP contribution in [0.3, 0.4) is 0 Å². The minimum absolute atomic E-state index is 0.506. The first-order valence-corrected chi connectivity index (χ1v) is 6.71. The molecule has 1 unspecified atom stereocenters. The Balaban J connectivity index is 2.41. The first-order chi connectivity index (χ1) is 9.65. The summed E-state index contributed by atoms with van der Waals surface area (Å²) in [5, 5.41) is 20.9. The summed E-state index contributed by atoms with van der Waals surface area (Å²) < 4.78 is 1.42. The number of aliphatic carboxylic acids is 1. The van der Waals surface area contributed by atoms with E-state index in [1.807, 2.05) is 38.1 Å². The van der Waals surface area contributed by atoms with Gasteiger partial charge in [0.1, 0.15) is 0 Å². The van der Waals surface area contributed by atoms with E-state index in [0.717, 1.165) is 24.0 Å². The lowest BCUT2D eigenvalue weighted by Gasteiger charge is -2.14. The van der Waals surface area contributed by atoms with Gasteiger partial charge in [0.2, 0.25) is 0 Å². The Morgan fingerprint density at radius 3 is 2.80 bits per heavy atom. The van der Waals surface area contributed by atoms with Gasteiger partial charge in [-0.2, -0.15) is 0 Å². The van der Waals surface area contributed by atoms with E-state index in [-0.39, 0.29) is 0 Å². The third-order valence-corrected chi connectivity index (χ3v) is 3.29. The Bertz CT molecular complexity index is 594. The van der Waals surface area contributed by atoms with Gasteiger partial charge >= 0.3 is 5.97 Å². The summed E-state index contributed by atoms with van der Waals surface area (Å²) in [7, 11) is 0. The third-order valence-electron chi connectivity index (χ3n) is 3.29. The van der Waals surface area contributed by atoms with E-state index in [4.69, 9.17) is 0 Å². The molecule has 0 radical (unpaired) electrons. The number of carboxylic acid groups (broad SMARTS) is 1. The van der Waals surface area contributed by atoms with Crippen LogP contribution in [0.4, 0.5) is 0 Å². The highest BCUT2D eigenvalue weighted by Crippen LogP contribution is 2.24. The van der Waals surface area contributed by atoms with E-state index in [0.29, 0.717) is 12.2 Å². The number of unbranched alkanes of at least 4 members (excludes halogenated alkanes) is 1. The molecule has 0 spiro atoms. The van der Waals surface area contributed by atoms with Crippen molar-refractivity contribution in [1.82, 2.24) is 20.2 Å². The number of aromatic nitrogens is 4. The van der Waals surface area contributed by atoms with Crippen molar-refractivity contribution in [3.63, 3.8) is 0 Å². The number of hydrogen-bond donors (Lipinski definition) is 1. The monoisotopic (exact) mass is 274 g/mol. The van der Waals surface area contributed by atoms with Crippen LogP contribution in [0.1, 0.15) is 37.8 Å². The molecule has 1 N–H and O–H groups in total. The molecule has 2 aromatic rings. The molecule has 0 aliphatic heterocycles. The van der Waals surface area contributed by atoms with Crippen LogP contribution in [0, 0.1) is 6.92 Å². The van der Waals surface area contributed by atoms with E-state index < -0.39 is 12.0 Å². The first-order valence-electron chi connectivity index (χ1n) is 6.71. The van der Waals surface area contributed by atoms with Crippen molar-refractivity contribution in [2.24, 2.45) is 0 Å². The number of benzene rings is 1. The van der Waals surface area contributed by atoms with E-state index in [2.05, 4.69) is 15.5 Å². The molecule has 0 fully saturated rings. The second-order valence-electron chi connectivity index (χ2n) is 4.76. The molecule has 106 valence electrons. The van der Waals surface area contributed by atoms with Crippen LogP contribution in [0.25, 0.3) is 11.4 Å². The van der Waals surface area contributed by atoms with Gasteiger partial charge in [0, 0.05) is 5.56 Å². The quantitative estimate of drug-likeness (QED) is 0.875. The van der Waals surface area contributed by atoms with Gasteiger partial charge in [-0.15, -0.1) is 5.10 Å². The van der Waals surface area contributed by atoms with Crippen LogP contribution in [0.5, 0.6) is 0 Å². The van der Waals surface area contributed by atoms with Gasteiger partial charge in [-0.05, 0) is 29.3 Å². The molecule has 0 aliphatic carbocycles. The molecule has 2 rings (SSSR count). The van der Waals surface area contributed by atoms with Gasteiger partial charge in [0.05, 0.1) is 0 Å². The second-order valence-corrected chi connectivity index (χ2v) is 4.76. The second kappa shape index (κ2) is 6.27. The highest BCUT2D eigenvalue weighted by atomic mass is 16.4. The lowest BCUT2D eigenvalue weighted by molar-refractivity contribution is -0.141. The summed E-state index contributed by atoms with van der Waals surface area (Å²) in [5.74, 6) is -0.396. The molecule has 1 heterocycles. The SMILES string of the molecule is CCCCC(C(=O)O)n1nnnc1-c1ccccc1C. The van der Waals surface area contributed by atoms with Gasteiger partial charge in [-0.25, -0.2) is 9.48 Å². The molecule has 0 bridgehead atoms. The van der Waals surface area contributed by atoms with E-state index in [9.17, 15) is 9.90 Å². The van der Waals surface area contributed by atoms with Crippen LogP contribution >= 0.6 is 0 Å². The summed E-state index contributed by atoms with van der Waals surface area (Å²) >= 11 is 0. The van der Waals surface area contributed by atoms with Crippen LogP contribution in [-0.2, 0) is 4.79 Å². The van der Waals surface area contributed by atoms with E-state index in [1.165, 1.54) is 4.68 Å². The normalized spacial score (nSPS) is 12.3. The zero-order valence-electron chi connectivity index (χ0n) is 11.7. The molecule has 0 saturated heterocycles. The summed E-state index contributed by atoms with van der Waals surface area (Å²) in [6.07, 6.45) is 2.28. The Hall–Kier alpha value is -2.24. The Kier molecular flexibility index (Phi) is 4.45. The van der Waals surface area contributed by atoms with Crippen LogP contribution in [0.2, 0.25) is 0 Å². The van der Waals surface area contributed by atoms with Crippen molar-refractivity contribution in [2.75, 3.05) is 0 Å². The fraction of sp³-hybridized carbons (Fsp3) is 0.429. The number of carboxylic acids is 1. The zero-order valence-corrected chi connectivity index (χ0v) is 11.7. The highest BCUT2D eigenvalue weighted by Gasteiger charge is 2.24. The van der Waals surface area contributed by atoms with E-state index in [1.54, 1.807) is 0 Å². The zero-order chi connectivity index (χ0) is 14.5. The molecule has 20 heavy (non-hydrogen) atoms. The number of aryl methyl sites for hydroxylation is 1. The van der Waals surface area contributed by atoms with Gasteiger partial charge in [-0.3, -0.25) is 0 Å². The molecule has 0 aliphatic rings. The van der Waals surface area contributed by atoms with Crippen molar-refractivity contribution in [3.05, 3.63) is 29.8 Å². The molecule has 0 saturated carbocycles. The van der Waals surface area contributed by atoms with Crippen LogP contribution in [0.15, 0.2) is 24.3 Å². The smallest absolute Gasteiger partial charge is 0.328 e. The van der Waals surface area contributed by atoms with Gasteiger partial charge < -0.3 is 5.11 Å². The minimum Gasteiger partial charge on any atom is -0.480 e. The third kappa shape index (κ3) is 2.84. The van der Waals surface area contributed by atoms with Gasteiger partial charge in [-0.1, -0.05) is 44.0 Å². The molecule has 6 nitrogen and oxygen atoms in total. The number of tetrazole rings is 1. The fourth-order valence-electron chi connectivity index (χ4n) is 2.15. The minimum atomic E-state index is -0.902. The molecule has 1 aromatic carbocycles. The molecule has 0 amide bonds. The Morgan fingerprint density at radius 2 is 2.15 bits per heavy atom. The first kappa shape index (κ1) is 14.2. The predicted octanol–water partition coefficient (Wildman–Crippen LogP) is 2.46. The van der Waals surface area contributed by atoms with Gasteiger partial charge in [0.25, 0.3) is 0 Å². The molecule has 1 aromatic heterocycles. The maximum atomic E-state index is 11.5. The van der Waals surface area contributed by atoms with Crippen molar-refractivity contribution < 1.29 is 9.90 Å². The molecular weight excluding hydrogens is 256 g/mol. The Labute approximate surface area is 117 Å². The maximum absolute atomic E-state index is 11.5. The lowest BCUT2D eigenvalue weighted by Crippen LogP contribution is -2.21. The molecule has 1 atom stereocenters. The summed E-state index contributed by atoms with van der Waals surface area (Å²) in [5.41, 5.74) is 1.88. The maximum Gasteiger partial charge on any atom is 0.328 e. The highest BCUT2D eigenvalue weighted by molar-refractivity contribution is 5.73. The van der Waals surface area contributed by atoms with Crippen molar-refractivity contribution >= 4 is 5.97 Å². The largest absolute Gasteiger partial charge is 0.480 e. The fourth-order valence-corrected chi connectivity index (χ4v) is 2.15. The summed E-state index contributed by atoms with van der Waals surface area (Å²) in [4.78, 5) is 11.5. The van der Waals surface area contributed by atoms with Crippen molar-refractivity contribution in [1.29, 1.82) is 0 Å². The van der Waals surface area contributed by atoms with Crippen LogP contribution in [-0.4, -0.2) is 31.3 Å². The number of carbonyl (C=O) groups is 1. The summed E-state index contributed by atoms with van der Waals surface area (Å²) in [6, 6.07) is 6.95. The summed E-state index contributed by atoms with van der Waals surface area (Å²) in [6.45, 7) is 3.98. The average molecular weight is 274 g/mol.